The molecule has 9 heteroatoms. The van der Waals surface area contributed by atoms with Gasteiger partial charge in [-0.05, 0) is 105 Å². The third-order valence-corrected chi connectivity index (χ3v) is 10.9. The van der Waals surface area contributed by atoms with E-state index in [0.29, 0.717) is 35.1 Å². The molecule has 5 atom stereocenters. The Bertz CT molecular complexity index is 1380. The third-order valence-electron chi connectivity index (χ3n) is 8.93. The van der Waals surface area contributed by atoms with Crippen molar-refractivity contribution in [2.24, 2.45) is 17.8 Å². The van der Waals surface area contributed by atoms with Crippen LogP contribution in [0.25, 0.3) is 0 Å². The summed E-state index contributed by atoms with van der Waals surface area (Å²) in [5, 5.41) is 10.1. The van der Waals surface area contributed by atoms with Crippen molar-refractivity contribution in [3.05, 3.63) is 70.3 Å². The van der Waals surface area contributed by atoms with Gasteiger partial charge < -0.3 is 14.7 Å². The highest BCUT2D eigenvalue weighted by Crippen LogP contribution is 2.44. The summed E-state index contributed by atoms with van der Waals surface area (Å²) in [4.78, 5) is 15.5. The Hall–Kier alpha value is -2.55. The van der Waals surface area contributed by atoms with Gasteiger partial charge in [0.1, 0.15) is 17.6 Å². The molecule has 0 unspecified atom stereocenters. The zero-order valence-corrected chi connectivity index (χ0v) is 24.8. The number of aliphatic hydroxyl groups is 1. The summed E-state index contributed by atoms with van der Waals surface area (Å²) in [5.41, 5.74) is 3.31. The Morgan fingerprint density at radius 3 is 2.65 bits per heavy atom. The number of amides is 1. The van der Waals surface area contributed by atoms with Gasteiger partial charge in [0.05, 0.1) is 11.8 Å². The molecule has 0 spiro atoms. The van der Waals surface area contributed by atoms with E-state index in [0.717, 1.165) is 56.4 Å². The Morgan fingerprint density at radius 2 is 1.85 bits per heavy atom. The fraction of sp³-hybridized carbons (Fsp3) is 0.516. The molecular weight excluding hydrogens is 548 g/mol. The van der Waals surface area contributed by atoms with Crippen molar-refractivity contribution in [3.63, 3.8) is 0 Å². The van der Waals surface area contributed by atoms with Gasteiger partial charge in [0.15, 0.2) is 0 Å². The topological polar surface area (TPSA) is 95.9 Å². The first-order valence-corrected chi connectivity index (χ1v) is 16.2. The number of fused-ring (bicyclic) bond motifs is 3. The minimum Gasteiger partial charge on any atom is -0.487 e. The number of anilines is 1. The minimum absolute atomic E-state index is 0.221. The fourth-order valence-electron chi connectivity index (χ4n) is 6.22. The van der Waals surface area contributed by atoms with Crippen molar-refractivity contribution in [1.29, 1.82) is 0 Å². The smallest absolute Gasteiger partial charge is 0.264 e. The highest BCUT2D eigenvalue weighted by atomic mass is 35.5. The Kier molecular flexibility index (Phi) is 8.78. The third kappa shape index (κ3) is 6.34. The first-order chi connectivity index (χ1) is 19.1. The summed E-state index contributed by atoms with van der Waals surface area (Å²) >= 11 is 6.30. The number of hydrogen-bond donors (Lipinski definition) is 2. The van der Waals surface area contributed by atoms with Gasteiger partial charge >= 0.3 is 0 Å². The highest BCUT2D eigenvalue weighted by molar-refractivity contribution is 7.90. The predicted molar refractivity (Wildman–Crippen MR) is 158 cm³/mol. The van der Waals surface area contributed by atoms with Crippen LogP contribution >= 0.6 is 11.6 Å². The van der Waals surface area contributed by atoms with Crippen molar-refractivity contribution in [3.8, 4) is 5.75 Å². The second kappa shape index (κ2) is 12.1. The largest absolute Gasteiger partial charge is 0.487 e. The molecule has 2 aromatic carbocycles. The van der Waals surface area contributed by atoms with E-state index in [1.807, 2.05) is 24.3 Å². The molecule has 5 rings (SSSR count). The minimum atomic E-state index is -4.09. The van der Waals surface area contributed by atoms with Crippen LogP contribution in [0.1, 0.15) is 67.4 Å². The number of ether oxygens (including phenoxy) is 1. The number of benzene rings is 2. The summed E-state index contributed by atoms with van der Waals surface area (Å²) in [5.74, 6) is 1.52. The molecule has 0 saturated heterocycles. The lowest BCUT2D eigenvalue weighted by molar-refractivity contribution is 0.0932. The average Bonchev–Trinajstić information content (AvgIpc) is 2.95. The lowest BCUT2D eigenvalue weighted by Crippen LogP contribution is -2.44. The Morgan fingerprint density at radius 1 is 1.05 bits per heavy atom. The van der Waals surface area contributed by atoms with Crippen molar-refractivity contribution >= 4 is 33.2 Å². The number of rotatable bonds is 0. The van der Waals surface area contributed by atoms with Crippen LogP contribution < -0.4 is 14.4 Å². The van der Waals surface area contributed by atoms with E-state index in [1.165, 1.54) is 12.5 Å². The van der Waals surface area contributed by atoms with Crippen molar-refractivity contribution < 1.29 is 23.1 Å². The molecule has 0 aromatic heterocycles. The molecule has 3 aliphatic rings. The molecule has 1 fully saturated rings. The number of carbonyl (C=O) groups is 1. The number of sulfonamides is 1. The van der Waals surface area contributed by atoms with Crippen LogP contribution in [0.5, 0.6) is 5.75 Å². The van der Waals surface area contributed by atoms with Crippen molar-refractivity contribution in [2.75, 3.05) is 18.0 Å². The molecule has 40 heavy (non-hydrogen) atoms. The number of allylic oxidation sites excluding steroid dienone is 1. The summed E-state index contributed by atoms with van der Waals surface area (Å²) in [6.07, 6.45) is 7.94. The van der Waals surface area contributed by atoms with Gasteiger partial charge in [-0.25, -0.2) is 13.1 Å². The van der Waals surface area contributed by atoms with Crippen LogP contribution in [0.15, 0.2) is 48.6 Å². The molecule has 2 aliphatic heterocycles. The van der Waals surface area contributed by atoms with E-state index in [1.54, 1.807) is 18.2 Å². The van der Waals surface area contributed by atoms with E-state index in [4.69, 9.17) is 16.3 Å². The zero-order valence-electron chi connectivity index (χ0n) is 23.2. The molecule has 2 N–H and O–H groups in total. The van der Waals surface area contributed by atoms with Gasteiger partial charge in [-0.1, -0.05) is 36.7 Å². The SMILES string of the molecule is C[C@@H]1C[C@H]2C/C=C/C[C@@H](O)[C@H](C)S(=O)(=O)NC(=O)c3ccc4c(c3)N(CCCCc3cc(Cl)ccc3CO4)C[C@@H]21. The van der Waals surface area contributed by atoms with Gasteiger partial charge in [0.25, 0.3) is 5.91 Å². The summed E-state index contributed by atoms with van der Waals surface area (Å²) in [7, 11) is -4.09. The molecule has 216 valence electrons. The van der Waals surface area contributed by atoms with E-state index < -0.39 is 27.3 Å². The van der Waals surface area contributed by atoms with Crippen LogP contribution in [0.3, 0.4) is 0 Å². The van der Waals surface area contributed by atoms with Crippen LogP contribution in [0.2, 0.25) is 5.02 Å². The fourth-order valence-corrected chi connectivity index (χ4v) is 7.50. The standard InChI is InChI=1S/C31H39ClN2O5S/c1-20-15-23-8-3-4-9-29(35)21(2)40(37,38)33-31(36)24-11-13-30-28(17-24)34(18-27(20)23)14-6-5-7-22-16-26(32)12-10-25(22)19-39-30/h3-4,10-13,16-17,20-21,23,27,29,35H,5-9,14-15,18-19H2,1-2H3,(H,33,36)/b4-3+/t20-,21+,23-,27-,29-/m1/s1. The first-order valence-electron chi connectivity index (χ1n) is 14.3. The Labute approximate surface area is 242 Å². The predicted octanol–water partition coefficient (Wildman–Crippen LogP) is 5.49. The molecule has 1 amide bonds. The maximum absolute atomic E-state index is 13.2. The molecule has 2 aromatic rings. The number of halogens is 1. The maximum Gasteiger partial charge on any atom is 0.264 e. The van der Waals surface area contributed by atoms with Crippen LogP contribution in [-0.4, -0.2) is 43.9 Å². The molecule has 1 aliphatic carbocycles. The van der Waals surface area contributed by atoms with Gasteiger partial charge in [-0.3, -0.25) is 4.79 Å². The highest BCUT2D eigenvalue weighted by Gasteiger charge is 2.39. The second-order valence-electron chi connectivity index (χ2n) is 11.6. The van der Waals surface area contributed by atoms with E-state index >= 15 is 0 Å². The van der Waals surface area contributed by atoms with Gasteiger partial charge in [-0.15, -0.1) is 0 Å². The van der Waals surface area contributed by atoms with Crippen LogP contribution in [-0.2, 0) is 23.1 Å². The quantitative estimate of drug-likeness (QED) is 0.396. The van der Waals surface area contributed by atoms with Crippen molar-refractivity contribution in [1.82, 2.24) is 4.72 Å². The monoisotopic (exact) mass is 586 g/mol. The molecule has 0 radical (unpaired) electrons. The van der Waals surface area contributed by atoms with E-state index in [2.05, 4.69) is 22.6 Å². The normalized spacial score (nSPS) is 29.9. The van der Waals surface area contributed by atoms with E-state index in [-0.39, 0.29) is 12.0 Å². The number of nitrogens with one attached hydrogen (secondary N) is 1. The number of aliphatic hydroxyl groups excluding tert-OH is 1. The summed E-state index contributed by atoms with van der Waals surface area (Å²) < 4.78 is 34.5. The first kappa shape index (κ1) is 29.0. The van der Waals surface area contributed by atoms with Gasteiger partial charge in [0.2, 0.25) is 10.0 Å². The van der Waals surface area contributed by atoms with Crippen molar-refractivity contribution in [2.45, 2.75) is 70.3 Å². The van der Waals surface area contributed by atoms with Crippen LogP contribution in [0.4, 0.5) is 5.69 Å². The number of aryl methyl sites for hydroxylation is 1. The number of hydrogen-bond acceptors (Lipinski definition) is 6. The van der Waals surface area contributed by atoms with Gasteiger partial charge in [-0.2, -0.15) is 0 Å². The lowest BCUT2D eigenvalue weighted by Gasteiger charge is -2.46. The molecule has 2 bridgehead atoms. The molecule has 2 heterocycles. The second-order valence-corrected chi connectivity index (χ2v) is 14.1. The maximum atomic E-state index is 13.2. The lowest BCUT2D eigenvalue weighted by atomic mass is 9.64. The van der Waals surface area contributed by atoms with Gasteiger partial charge in [0, 0.05) is 23.7 Å². The zero-order chi connectivity index (χ0) is 28.4. The summed E-state index contributed by atoms with van der Waals surface area (Å²) in [6, 6.07) is 11.0. The van der Waals surface area contributed by atoms with E-state index in [9.17, 15) is 18.3 Å². The molecule has 7 nitrogen and oxygen atoms in total. The number of nitrogens with zero attached hydrogens (tertiary/aromatic N) is 1. The average molecular weight is 587 g/mol. The van der Waals surface area contributed by atoms with Crippen LogP contribution in [0, 0.1) is 17.8 Å². The summed E-state index contributed by atoms with van der Waals surface area (Å²) in [6.45, 7) is 5.73. The molecule has 1 saturated carbocycles. The number of carbonyl (C=O) groups excluding carboxylic acids is 1. The molecular formula is C31H39ClN2O5S. The Balaban J connectivity index is 1.54.